The molecule has 1 aromatic heterocycles. The van der Waals surface area contributed by atoms with Gasteiger partial charge >= 0.3 is 5.97 Å². The molecule has 0 unspecified atom stereocenters. The minimum absolute atomic E-state index is 0.261. The van der Waals surface area contributed by atoms with E-state index in [2.05, 4.69) is 10.3 Å². The number of H-pyrrole nitrogens is 1. The number of anilines is 1. The van der Waals surface area contributed by atoms with Gasteiger partial charge in [0.05, 0.1) is 23.9 Å². The van der Waals surface area contributed by atoms with Gasteiger partial charge in [-0.25, -0.2) is 9.18 Å². The van der Waals surface area contributed by atoms with Crippen molar-refractivity contribution in [2.45, 2.75) is 6.92 Å². The molecule has 0 spiro atoms. The Bertz CT molecular complexity index is 947. The number of hydrogen-bond acceptors (Lipinski definition) is 3. The summed E-state index contributed by atoms with van der Waals surface area (Å²) in [5.41, 5.74) is 2.18. The predicted molar refractivity (Wildman–Crippen MR) is 88.7 cm³/mol. The lowest BCUT2D eigenvalue weighted by molar-refractivity contribution is 0.0602. The molecular formula is C18H15FN2O3. The molecule has 1 heterocycles. The number of fused-ring (bicyclic) bond motifs is 1. The summed E-state index contributed by atoms with van der Waals surface area (Å²) in [4.78, 5) is 27.5. The Morgan fingerprint density at radius 3 is 2.67 bits per heavy atom. The van der Waals surface area contributed by atoms with E-state index in [-0.39, 0.29) is 17.3 Å². The largest absolute Gasteiger partial charge is 0.465 e. The molecule has 122 valence electrons. The molecule has 0 aliphatic rings. The molecule has 0 atom stereocenters. The first-order valence-corrected chi connectivity index (χ1v) is 7.27. The summed E-state index contributed by atoms with van der Waals surface area (Å²) >= 11 is 0. The molecule has 0 saturated carbocycles. The maximum atomic E-state index is 13.3. The van der Waals surface area contributed by atoms with Crippen molar-refractivity contribution in [2.24, 2.45) is 0 Å². The number of benzene rings is 2. The molecule has 5 nitrogen and oxygen atoms in total. The van der Waals surface area contributed by atoms with Gasteiger partial charge in [-0.1, -0.05) is 12.1 Å². The Labute approximate surface area is 137 Å². The number of esters is 1. The average molecular weight is 326 g/mol. The normalized spacial score (nSPS) is 10.6. The molecule has 0 saturated heterocycles. The first-order chi connectivity index (χ1) is 11.5. The van der Waals surface area contributed by atoms with Crippen LogP contribution in [-0.4, -0.2) is 24.0 Å². The molecule has 2 N–H and O–H groups in total. The maximum Gasteiger partial charge on any atom is 0.339 e. The first-order valence-electron chi connectivity index (χ1n) is 7.27. The lowest BCUT2D eigenvalue weighted by atomic mass is 10.1. The number of aryl methyl sites for hydroxylation is 1. The zero-order valence-electron chi connectivity index (χ0n) is 13.1. The Morgan fingerprint density at radius 1 is 1.17 bits per heavy atom. The van der Waals surface area contributed by atoms with E-state index in [0.29, 0.717) is 27.8 Å². The minimum Gasteiger partial charge on any atom is -0.465 e. The van der Waals surface area contributed by atoms with Crippen molar-refractivity contribution in [3.63, 3.8) is 0 Å². The van der Waals surface area contributed by atoms with Crippen molar-refractivity contribution < 1.29 is 18.7 Å². The number of methoxy groups -OCH3 is 1. The topological polar surface area (TPSA) is 71.2 Å². The van der Waals surface area contributed by atoms with Gasteiger partial charge in [-0.05, 0) is 37.3 Å². The third-order valence-electron chi connectivity index (χ3n) is 3.76. The highest BCUT2D eigenvalue weighted by Gasteiger charge is 2.19. The van der Waals surface area contributed by atoms with E-state index in [0.717, 1.165) is 0 Å². The van der Waals surface area contributed by atoms with Crippen LogP contribution >= 0.6 is 0 Å². The van der Waals surface area contributed by atoms with Crippen LogP contribution in [0.2, 0.25) is 0 Å². The van der Waals surface area contributed by atoms with E-state index in [9.17, 15) is 14.0 Å². The number of aromatic nitrogens is 1. The standard InChI is InChI=1S/C18H15FN2O3/c1-10-16(12-8-7-11(19)9-15(12)20-10)17(22)21-14-6-4-3-5-13(14)18(23)24-2/h3-9,20H,1-2H3,(H,21,22). The smallest absolute Gasteiger partial charge is 0.339 e. The second-order valence-corrected chi connectivity index (χ2v) is 5.31. The van der Waals surface area contributed by atoms with Crippen LogP contribution in [0.4, 0.5) is 10.1 Å². The quantitative estimate of drug-likeness (QED) is 0.722. The molecule has 24 heavy (non-hydrogen) atoms. The van der Waals surface area contributed by atoms with Crippen LogP contribution in [0.1, 0.15) is 26.4 Å². The summed E-state index contributed by atoms with van der Waals surface area (Å²) in [7, 11) is 1.28. The molecule has 0 radical (unpaired) electrons. The van der Waals surface area contributed by atoms with Gasteiger partial charge < -0.3 is 15.0 Å². The van der Waals surface area contributed by atoms with Gasteiger partial charge in [-0.3, -0.25) is 4.79 Å². The second-order valence-electron chi connectivity index (χ2n) is 5.31. The zero-order valence-corrected chi connectivity index (χ0v) is 13.1. The van der Waals surface area contributed by atoms with Crippen LogP contribution in [-0.2, 0) is 4.74 Å². The highest BCUT2D eigenvalue weighted by Crippen LogP contribution is 2.25. The van der Waals surface area contributed by atoms with Crippen LogP contribution in [0, 0.1) is 12.7 Å². The fourth-order valence-electron chi connectivity index (χ4n) is 2.66. The minimum atomic E-state index is -0.538. The number of carbonyl (C=O) groups excluding carboxylic acids is 2. The van der Waals surface area contributed by atoms with E-state index in [1.807, 2.05) is 0 Å². The van der Waals surface area contributed by atoms with Crippen molar-refractivity contribution in [3.05, 3.63) is 65.1 Å². The molecule has 0 fully saturated rings. The fourth-order valence-corrected chi connectivity index (χ4v) is 2.66. The Hall–Kier alpha value is -3.15. The number of rotatable bonds is 3. The van der Waals surface area contributed by atoms with Crippen molar-refractivity contribution in [1.82, 2.24) is 4.98 Å². The molecule has 0 aliphatic carbocycles. The van der Waals surface area contributed by atoms with Gasteiger partial charge in [0, 0.05) is 16.6 Å². The van der Waals surface area contributed by atoms with Crippen molar-refractivity contribution >= 4 is 28.5 Å². The molecule has 3 aromatic rings. The monoisotopic (exact) mass is 326 g/mol. The van der Waals surface area contributed by atoms with Gasteiger partial charge in [0.2, 0.25) is 0 Å². The number of nitrogens with one attached hydrogen (secondary N) is 2. The van der Waals surface area contributed by atoms with E-state index in [1.165, 1.54) is 19.2 Å². The van der Waals surface area contributed by atoms with E-state index in [4.69, 9.17) is 4.74 Å². The van der Waals surface area contributed by atoms with Crippen molar-refractivity contribution in [2.75, 3.05) is 12.4 Å². The molecule has 1 amide bonds. The number of ether oxygens (including phenoxy) is 1. The van der Waals surface area contributed by atoms with E-state index in [1.54, 1.807) is 37.3 Å². The van der Waals surface area contributed by atoms with Gasteiger partial charge in [0.1, 0.15) is 5.82 Å². The average Bonchev–Trinajstić information content (AvgIpc) is 2.89. The highest BCUT2D eigenvalue weighted by molar-refractivity contribution is 6.15. The summed E-state index contributed by atoms with van der Waals surface area (Å²) in [6.45, 7) is 1.74. The molecule has 0 aliphatic heterocycles. The van der Waals surface area contributed by atoms with E-state index < -0.39 is 5.97 Å². The summed E-state index contributed by atoms with van der Waals surface area (Å²) < 4.78 is 18.1. The van der Waals surface area contributed by atoms with Gasteiger partial charge in [0.15, 0.2) is 0 Å². The lowest BCUT2D eigenvalue weighted by Crippen LogP contribution is -2.16. The molecule has 2 aromatic carbocycles. The fraction of sp³-hybridized carbons (Fsp3) is 0.111. The lowest BCUT2D eigenvalue weighted by Gasteiger charge is -2.09. The predicted octanol–water partition coefficient (Wildman–Crippen LogP) is 3.65. The summed E-state index contributed by atoms with van der Waals surface area (Å²) in [6.07, 6.45) is 0. The molecular weight excluding hydrogens is 311 g/mol. The number of halogens is 1. The van der Waals surface area contributed by atoms with Crippen LogP contribution in [0.3, 0.4) is 0 Å². The van der Waals surface area contributed by atoms with Crippen LogP contribution in [0.5, 0.6) is 0 Å². The zero-order chi connectivity index (χ0) is 17.3. The Morgan fingerprint density at radius 2 is 1.92 bits per heavy atom. The molecule has 6 heteroatoms. The Balaban J connectivity index is 2.00. The second kappa shape index (κ2) is 6.16. The Kier molecular flexibility index (Phi) is 4.04. The van der Waals surface area contributed by atoms with Crippen LogP contribution in [0.15, 0.2) is 42.5 Å². The van der Waals surface area contributed by atoms with E-state index >= 15 is 0 Å². The summed E-state index contributed by atoms with van der Waals surface area (Å²) in [5.74, 6) is -1.31. The number of aromatic amines is 1. The highest BCUT2D eigenvalue weighted by atomic mass is 19.1. The number of hydrogen-bond donors (Lipinski definition) is 2. The SMILES string of the molecule is COC(=O)c1ccccc1NC(=O)c1c(C)[nH]c2cc(F)ccc12. The first kappa shape index (κ1) is 15.7. The van der Waals surface area contributed by atoms with Crippen molar-refractivity contribution in [1.29, 1.82) is 0 Å². The van der Waals surface area contributed by atoms with Gasteiger partial charge in [-0.15, -0.1) is 0 Å². The summed E-state index contributed by atoms with van der Waals surface area (Å²) in [6, 6.07) is 10.8. The van der Waals surface area contributed by atoms with Crippen LogP contribution < -0.4 is 5.32 Å². The third kappa shape index (κ3) is 2.74. The molecule has 0 bridgehead atoms. The molecule has 3 rings (SSSR count). The van der Waals surface area contributed by atoms with Crippen LogP contribution in [0.25, 0.3) is 10.9 Å². The maximum absolute atomic E-state index is 13.3. The number of amides is 1. The third-order valence-corrected chi connectivity index (χ3v) is 3.76. The van der Waals surface area contributed by atoms with Gasteiger partial charge in [-0.2, -0.15) is 0 Å². The summed E-state index contributed by atoms with van der Waals surface area (Å²) in [5, 5.41) is 3.34. The number of carbonyl (C=O) groups is 2. The van der Waals surface area contributed by atoms with Gasteiger partial charge in [0.25, 0.3) is 5.91 Å². The van der Waals surface area contributed by atoms with Crippen molar-refractivity contribution in [3.8, 4) is 0 Å². The number of para-hydroxylation sites is 1.